The minimum atomic E-state index is -1.56. The van der Waals surface area contributed by atoms with Crippen molar-refractivity contribution in [3.05, 3.63) is 47.7 Å². The van der Waals surface area contributed by atoms with Crippen LogP contribution < -0.4 is 0 Å². The fourth-order valence-electron chi connectivity index (χ4n) is 2.02. The Morgan fingerprint density at radius 1 is 1.05 bits per heavy atom. The molecule has 0 saturated heterocycles. The number of rotatable bonds is 6. The minimum absolute atomic E-state index is 0.00241. The number of aromatic amines is 1. The number of carbonyl (C=O) groups excluding carboxylic acids is 1. The van der Waals surface area contributed by atoms with E-state index in [0.717, 1.165) is 5.56 Å². The number of carboxylic acid groups (broad SMARTS) is 2. The summed E-state index contributed by atoms with van der Waals surface area (Å²) in [6.07, 6.45) is -0.120. The Balaban J connectivity index is 2.41. The van der Waals surface area contributed by atoms with Crippen LogP contribution in [0.2, 0.25) is 0 Å². The lowest BCUT2D eigenvalue weighted by molar-refractivity contribution is -0.137. The molecular weight excluding hydrogens is 274 g/mol. The lowest BCUT2D eigenvalue weighted by atomic mass is 10.1. The van der Waals surface area contributed by atoms with Crippen molar-refractivity contribution in [2.75, 3.05) is 0 Å². The van der Waals surface area contributed by atoms with Crippen molar-refractivity contribution in [3.63, 3.8) is 0 Å². The molecule has 1 heterocycles. The van der Waals surface area contributed by atoms with Gasteiger partial charge in [-0.3, -0.25) is 9.59 Å². The maximum absolute atomic E-state index is 11.7. The molecule has 0 saturated carbocycles. The summed E-state index contributed by atoms with van der Waals surface area (Å²) in [6, 6.07) is 10.5. The Morgan fingerprint density at radius 2 is 1.71 bits per heavy atom. The number of aryl methyl sites for hydroxylation is 1. The molecule has 0 atom stereocenters. The van der Waals surface area contributed by atoms with Crippen molar-refractivity contribution >= 4 is 17.7 Å². The summed E-state index contributed by atoms with van der Waals surface area (Å²) < 4.78 is 0. The average molecular weight is 287 g/mol. The summed E-state index contributed by atoms with van der Waals surface area (Å²) >= 11 is 0. The molecule has 0 fully saturated rings. The Morgan fingerprint density at radius 3 is 2.29 bits per heavy atom. The van der Waals surface area contributed by atoms with Gasteiger partial charge >= 0.3 is 11.9 Å². The molecular formula is C15H13NO5. The molecule has 6 nitrogen and oxygen atoms in total. The zero-order valence-electron chi connectivity index (χ0n) is 11.0. The van der Waals surface area contributed by atoms with Crippen LogP contribution in [0.25, 0.3) is 11.3 Å². The summed E-state index contributed by atoms with van der Waals surface area (Å²) in [7, 11) is 0. The number of H-pyrrole nitrogens is 1. The Hall–Kier alpha value is -2.89. The van der Waals surface area contributed by atoms with Crippen LogP contribution in [0.5, 0.6) is 0 Å². The second-order valence-electron chi connectivity index (χ2n) is 4.47. The normalized spacial score (nSPS) is 10.3. The van der Waals surface area contributed by atoms with Crippen LogP contribution in [0.4, 0.5) is 0 Å². The molecule has 3 N–H and O–H groups in total. The number of benzene rings is 1. The number of aliphatic carboxylic acids is 2. The molecule has 2 aromatic rings. The molecule has 108 valence electrons. The number of Topliss-reactive ketones (excluding diaryl/α,β-unsaturated/α-hetero) is 1. The van der Waals surface area contributed by atoms with E-state index in [9.17, 15) is 14.4 Å². The predicted octanol–water partition coefficient (Wildman–Crippen LogP) is 1.97. The van der Waals surface area contributed by atoms with Crippen molar-refractivity contribution in [2.24, 2.45) is 0 Å². The summed E-state index contributed by atoms with van der Waals surface area (Å²) in [4.78, 5) is 36.1. The smallest absolute Gasteiger partial charge is 0.377 e. The number of hydrogen-bond donors (Lipinski definition) is 3. The highest BCUT2D eigenvalue weighted by Gasteiger charge is 2.22. The van der Waals surface area contributed by atoms with Gasteiger partial charge in [0.15, 0.2) is 0 Å². The first kappa shape index (κ1) is 14.5. The first-order valence-corrected chi connectivity index (χ1v) is 6.25. The van der Waals surface area contributed by atoms with Crippen molar-refractivity contribution in [3.8, 4) is 11.3 Å². The second-order valence-corrected chi connectivity index (χ2v) is 4.47. The van der Waals surface area contributed by atoms with Gasteiger partial charge in [-0.2, -0.15) is 0 Å². The highest BCUT2D eigenvalue weighted by molar-refractivity contribution is 6.40. The van der Waals surface area contributed by atoms with E-state index >= 15 is 0 Å². The Labute approximate surface area is 120 Å². The highest BCUT2D eigenvalue weighted by Crippen LogP contribution is 2.23. The van der Waals surface area contributed by atoms with Crippen LogP contribution in [-0.2, 0) is 16.0 Å². The van der Waals surface area contributed by atoms with Crippen molar-refractivity contribution in [2.45, 2.75) is 12.8 Å². The molecule has 1 aromatic carbocycles. The van der Waals surface area contributed by atoms with Crippen LogP contribution in [0.15, 0.2) is 36.4 Å². The standard InChI is InChI=1S/C15H13NO5/c17-13(18)7-6-11-10(14(19)15(20)21)8-12(16-11)9-4-2-1-3-5-9/h1-5,8,16H,6-7H2,(H,17,18)(H,20,21). The number of carbonyl (C=O) groups is 3. The molecule has 0 aliphatic carbocycles. The Kier molecular flexibility index (Phi) is 4.18. The van der Waals surface area contributed by atoms with E-state index in [1.165, 1.54) is 6.07 Å². The van der Waals surface area contributed by atoms with E-state index in [1.807, 2.05) is 30.3 Å². The van der Waals surface area contributed by atoms with Gasteiger partial charge in [0, 0.05) is 11.4 Å². The van der Waals surface area contributed by atoms with Gasteiger partial charge in [0.25, 0.3) is 5.78 Å². The maximum atomic E-state index is 11.7. The van der Waals surface area contributed by atoms with Gasteiger partial charge in [-0.05, 0) is 18.1 Å². The van der Waals surface area contributed by atoms with Crippen LogP contribution in [0, 0.1) is 0 Å². The monoisotopic (exact) mass is 287 g/mol. The van der Waals surface area contributed by atoms with Gasteiger partial charge in [-0.1, -0.05) is 30.3 Å². The maximum Gasteiger partial charge on any atom is 0.377 e. The second kappa shape index (κ2) is 6.04. The van der Waals surface area contributed by atoms with Gasteiger partial charge in [0.2, 0.25) is 0 Å². The molecule has 1 aromatic heterocycles. The van der Waals surface area contributed by atoms with Crippen LogP contribution in [0.1, 0.15) is 22.5 Å². The summed E-state index contributed by atoms with van der Waals surface area (Å²) in [6.45, 7) is 0. The summed E-state index contributed by atoms with van der Waals surface area (Å²) in [5.41, 5.74) is 1.70. The van der Waals surface area contributed by atoms with E-state index in [0.29, 0.717) is 11.4 Å². The lowest BCUT2D eigenvalue weighted by Gasteiger charge is -1.99. The summed E-state index contributed by atoms with van der Waals surface area (Å²) in [5, 5.41) is 17.6. The van der Waals surface area contributed by atoms with E-state index in [-0.39, 0.29) is 18.4 Å². The first-order valence-electron chi connectivity index (χ1n) is 6.25. The summed E-state index contributed by atoms with van der Waals surface area (Å²) in [5.74, 6) is -3.63. The number of aromatic nitrogens is 1. The third-order valence-electron chi connectivity index (χ3n) is 3.01. The molecule has 0 amide bonds. The molecule has 21 heavy (non-hydrogen) atoms. The van der Waals surface area contributed by atoms with E-state index in [4.69, 9.17) is 10.2 Å². The topological polar surface area (TPSA) is 107 Å². The number of carboxylic acids is 2. The zero-order chi connectivity index (χ0) is 15.4. The third kappa shape index (κ3) is 3.36. The van der Waals surface area contributed by atoms with Crippen molar-refractivity contribution in [1.82, 2.24) is 4.98 Å². The molecule has 2 rings (SSSR count). The largest absolute Gasteiger partial charge is 0.481 e. The fraction of sp³-hybridized carbons (Fsp3) is 0.133. The lowest BCUT2D eigenvalue weighted by Crippen LogP contribution is -2.14. The molecule has 6 heteroatoms. The number of nitrogens with one attached hydrogen (secondary N) is 1. The average Bonchev–Trinajstić information content (AvgIpc) is 2.89. The minimum Gasteiger partial charge on any atom is -0.481 e. The highest BCUT2D eigenvalue weighted by atomic mass is 16.4. The van der Waals surface area contributed by atoms with Gasteiger partial charge in [-0.25, -0.2) is 4.79 Å². The quantitative estimate of drug-likeness (QED) is 0.556. The third-order valence-corrected chi connectivity index (χ3v) is 3.01. The van der Waals surface area contributed by atoms with Crippen LogP contribution in [0.3, 0.4) is 0 Å². The van der Waals surface area contributed by atoms with Gasteiger partial charge in [-0.15, -0.1) is 0 Å². The van der Waals surface area contributed by atoms with E-state index in [2.05, 4.69) is 4.98 Å². The van der Waals surface area contributed by atoms with Crippen molar-refractivity contribution in [1.29, 1.82) is 0 Å². The van der Waals surface area contributed by atoms with Crippen LogP contribution >= 0.6 is 0 Å². The first-order chi connectivity index (χ1) is 9.99. The van der Waals surface area contributed by atoms with Gasteiger partial charge < -0.3 is 15.2 Å². The zero-order valence-corrected chi connectivity index (χ0v) is 11.0. The van der Waals surface area contributed by atoms with Gasteiger partial charge in [0.05, 0.1) is 12.0 Å². The molecule has 0 bridgehead atoms. The van der Waals surface area contributed by atoms with Crippen molar-refractivity contribution < 1.29 is 24.6 Å². The molecule has 0 spiro atoms. The number of hydrogen-bond acceptors (Lipinski definition) is 3. The fourth-order valence-corrected chi connectivity index (χ4v) is 2.02. The number of ketones is 1. The van der Waals surface area contributed by atoms with Crippen LogP contribution in [-0.4, -0.2) is 32.9 Å². The SMILES string of the molecule is O=C(O)CCc1[nH]c(-c2ccccc2)cc1C(=O)C(=O)O. The predicted molar refractivity (Wildman–Crippen MR) is 74.2 cm³/mol. The molecule has 0 aliphatic heterocycles. The molecule has 0 unspecified atom stereocenters. The molecule has 0 aliphatic rings. The van der Waals surface area contributed by atoms with E-state index in [1.54, 1.807) is 0 Å². The van der Waals surface area contributed by atoms with Gasteiger partial charge in [0.1, 0.15) is 0 Å². The Bertz CT molecular complexity index is 687. The molecule has 0 radical (unpaired) electrons. The van der Waals surface area contributed by atoms with E-state index < -0.39 is 17.7 Å².